The van der Waals surface area contributed by atoms with Crippen molar-refractivity contribution in [1.29, 1.82) is 0 Å². The minimum absolute atomic E-state index is 0.133. The highest BCUT2D eigenvalue weighted by Crippen LogP contribution is 2.39. The van der Waals surface area contributed by atoms with Crippen molar-refractivity contribution in [2.24, 2.45) is 11.8 Å². The van der Waals surface area contributed by atoms with Gasteiger partial charge < -0.3 is 5.11 Å². The van der Waals surface area contributed by atoms with Gasteiger partial charge >= 0.3 is 12.1 Å². The number of carboxylic acids is 1. The number of carboxylic acid groups (broad SMARTS) is 1. The van der Waals surface area contributed by atoms with Crippen molar-refractivity contribution in [2.75, 3.05) is 13.1 Å². The Balaban J connectivity index is 2.29. The van der Waals surface area contributed by atoms with Crippen LogP contribution in [0.3, 0.4) is 0 Å². The molecule has 1 unspecified atom stereocenters. The summed E-state index contributed by atoms with van der Waals surface area (Å²) < 4.78 is 64.9. The van der Waals surface area contributed by atoms with Gasteiger partial charge in [-0.15, -0.1) is 0 Å². The largest absolute Gasteiger partial charge is 0.481 e. The van der Waals surface area contributed by atoms with E-state index in [0.29, 0.717) is 4.31 Å². The first-order chi connectivity index (χ1) is 11.5. The number of benzene rings is 1. The number of hydrogen-bond donors (Lipinski definition) is 1. The van der Waals surface area contributed by atoms with Crippen LogP contribution in [0.4, 0.5) is 13.2 Å². The fourth-order valence-electron chi connectivity index (χ4n) is 2.90. The van der Waals surface area contributed by atoms with E-state index in [0.717, 1.165) is 12.0 Å². The first-order valence-electron chi connectivity index (χ1n) is 7.88. The van der Waals surface area contributed by atoms with Crippen molar-refractivity contribution >= 4 is 16.0 Å². The summed E-state index contributed by atoms with van der Waals surface area (Å²) in [7, 11) is -4.18. The van der Waals surface area contributed by atoms with Crippen molar-refractivity contribution in [2.45, 2.75) is 37.3 Å². The van der Waals surface area contributed by atoms with Gasteiger partial charge in [0.1, 0.15) is 0 Å². The molecule has 0 radical (unpaired) electrons. The van der Waals surface area contributed by atoms with Crippen LogP contribution >= 0.6 is 0 Å². The standard InChI is InChI=1S/C16H20F3NO4S/c1-3-10(2)11-4-6-12(7-5-11)25(23,24)20-8-13(15(21)22)14(9-20)16(17,18)19/h4-7,10,13-14H,3,8-9H2,1-2H3,(H,21,22)/t10?,13-,14-/m1/s1. The number of hydrogen-bond acceptors (Lipinski definition) is 3. The van der Waals surface area contributed by atoms with Crippen LogP contribution in [0.5, 0.6) is 0 Å². The van der Waals surface area contributed by atoms with Gasteiger partial charge in [0, 0.05) is 13.1 Å². The number of rotatable bonds is 5. The molecule has 140 valence electrons. The smallest absolute Gasteiger partial charge is 0.393 e. The second kappa shape index (κ2) is 6.95. The fourth-order valence-corrected chi connectivity index (χ4v) is 4.39. The van der Waals surface area contributed by atoms with Crippen molar-refractivity contribution in [1.82, 2.24) is 4.31 Å². The van der Waals surface area contributed by atoms with Crippen LogP contribution in [0.15, 0.2) is 29.2 Å². The zero-order valence-corrected chi connectivity index (χ0v) is 14.6. The minimum atomic E-state index is -4.77. The van der Waals surface area contributed by atoms with Crippen molar-refractivity contribution in [3.05, 3.63) is 29.8 Å². The van der Waals surface area contributed by atoms with E-state index in [1.807, 2.05) is 13.8 Å². The quantitative estimate of drug-likeness (QED) is 0.853. The van der Waals surface area contributed by atoms with E-state index in [2.05, 4.69) is 0 Å². The fraction of sp³-hybridized carbons (Fsp3) is 0.562. The predicted molar refractivity (Wildman–Crippen MR) is 84.6 cm³/mol. The summed E-state index contributed by atoms with van der Waals surface area (Å²) in [5, 5.41) is 9.00. The van der Waals surface area contributed by atoms with Crippen LogP contribution in [0.25, 0.3) is 0 Å². The molecule has 0 spiro atoms. The third kappa shape index (κ3) is 3.98. The van der Waals surface area contributed by atoms with Gasteiger partial charge in [0.25, 0.3) is 0 Å². The van der Waals surface area contributed by atoms with Crippen LogP contribution in [0, 0.1) is 11.8 Å². The van der Waals surface area contributed by atoms with Gasteiger partial charge in [0.15, 0.2) is 0 Å². The van der Waals surface area contributed by atoms with Gasteiger partial charge in [-0.2, -0.15) is 17.5 Å². The maximum Gasteiger partial charge on any atom is 0.393 e. The maximum absolute atomic E-state index is 13.0. The van der Waals surface area contributed by atoms with Crippen LogP contribution in [-0.4, -0.2) is 43.1 Å². The molecular formula is C16H20F3NO4S. The Kier molecular flexibility index (Phi) is 5.48. The minimum Gasteiger partial charge on any atom is -0.481 e. The van der Waals surface area contributed by atoms with Gasteiger partial charge in [-0.1, -0.05) is 26.0 Å². The lowest BCUT2D eigenvalue weighted by Crippen LogP contribution is -2.34. The molecule has 3 atom stereocenters. The predicted octanol–water partition coefficient (Wildman–Crippen LogP) is 3.08. The first kappa shape index (κ1) is 19.7. The number of alkyl halides is 3. The lowest BCUT2D eigenvalue weighted by molar-refractivity contribution is -0.187. The Hall–Kier alpha value is -1.61. The molecular weight excluding hydrogens is 359 g/mol. The lowest BCUT2D eigenvalue weighted by atomic mass is 9.96. The van der Waals surface area contributed by atoms with Crippen molar-refractivity contribution in [3.8, 4) is 0 Å². The Morgan fingerprint density at radius 2 is 1.84 bits per heavy atom. The Bertz CT molecular complexity index is 731. The number of halogens is 3. The molecule has 25 heavy (non-hydrogen) atoms. The molecule has 1 heterocycles. The molecule has 1 aliphatic heterocycles. The van der Waals surface area contributed by atoms with Gasteiger partial charge in [-0.25, -0.2) is 8.42 Å². The molecule has 1 aromatic carbocycles. The average Bonchev–Trinajstić information content (AvgIpc) is 3.01. The molecule has 0 amide bonds. The van der Waals surface area contributed by atoms with Crippen LogP contribution < -0.4 is 0 Å². The topological polar surface area (TPSA) is 74.7 Å². The van der Waals surface area contributed by atoms with Crippen molar-refractivity contribution in [3.63, 3.8) is 0 Å². The van der Waals surface area contributed by atoms with E-state index < -0.39 is 47.1 Å². The molecule has 2 rings (SSSR count). The van der Waals surface area contributed by atoms with Gasteiger partial charge in [0.2, 0.25) is 10.0 Å². The summed E-state index contributed by atoms with van der Waals surface area (Å²) in [6, 6.07) is 5.97. The molecule has 0 aromatic heterocycles. The molecule has 1 fully saturated rings. The number of sulfonamides is 1. The summed E-state index contributed by atoms with van der Waals surface area (Å²) in [5.74, 6) is -5.42. The molecule has 1 N–H and O–H groups in total. The zero-order chi connectivity index (χ0) is 19.0. The summed E-state index contributed by atoms with van der Waals surface area (Å²) in [5.41, 5.74) is 0.930. The number of carbonyl (C=O) groups is 1. The van der Waals surface area contributed by atoms with E-state index in [-0.39, 0.29) is 10.8 Å². The molecule has 1 aromatic rings. The highest BCUT2D eigenvalue weighted by molar-refractivity contribution is 7.89. The molecule has 5 nitrogen and oxygen atoms in total. The van der Waals surface area contributed by atoms with E-state index in [1.165, 1.54) is 12.1 Å². The summed E-state index contributed by atoms with van der Waals surface area (Å²) in [6.07, 6.45) is -3.90. The van der Waals surface area contributed by atoms with E-state index in [9.17, 15) is 26.4 Å². The number of nitrogens with zero attached hydrogens (tertiary/aromatic N) is 1. The maximum atomic E-state index is 13.0. The third-order valence-electron chi connectivity index (χ3n) is 4.72. The van der Waals surface area contributed by atoms with E-state index in [1.54, 1.807) is 12.1 Å². The zero-order valence-electron chi connectivity index (χ0n) is 13.8. The normalized spacial score (nSPS) is 23.6. The second-order valence-electron chi connectivity index (χ2n) is 6.29. The second-order valence-corrected chi connectivity index (χ2v) is 8.23. The SMILES string of the molecule is CCC(C)c1ccc(S(=O)(=O)N2C[C@@H](C(F)(F)F)[C@H](C(=O)O)C2)cc1. The van der Waals surface area contributed by atoms with Crippen LogP contribution in [0.1, 0.15) is 31.7 Å². The van der Waals surface area contributed by atoms with E-state index in [4.69, 9.17) is 5.11 Å². The molecule has 1 aliphatic rings. The third-order valence-corrected chi connectivity index (χ3v) is 6.57. The summed E-state index contributed by atoms with van der Waals surface area (Å²) >= 11 is 0. The molecule has 9 heteroatoms. The highest BCUT2D eigenvalue weighted by atomic mass is 32.2. The van der Waals surface area contributed by atoms with Crippen LogP contribution in [0.2, 0.25) is 0 Å². The van der Waals surface area contributed by atoms with E-state index >= 15 is 0 Å². The molecule has 0 bridgehead atoms. The highest BCUT2D eigenvalue weighted by Gasteiger charge is 2.54. The average molecular weight is 379 g/mol. The van der Waals surface area contributed by atoms with Gasteiger partial charge in [0.05, 0.1) is 16.7 Å². The lowest BCUT2D eigenvalue weighted by Gasteiger charge is -2.18. The Labute approximate surface area is 144 Å². The molecule has 1 saturated heterocycles. The van der Waals surface area contributed by atoms with Crippen LogP contribution in [-0.2, 0) is 14.8 Å². The number of aliphatic carboxylic acids is 1. The first-order valence-corrected chi connectivity index (χ1v) is 9.32. The van der Waals surface area contributed by atoms with Crippen molar-refractivity contribution < 1.29 is 31.5 Å². The molecule has 0 saturated carbocycles. The Morgan fingerprint density at radius 3 is 2.24 bits per heavy atom. The monoisotopic (exact) mass is 379 g/mol. The van der Waals surface area contributed by atoms with Gasteiger partial charge in [-0.05, 0) is 30.0 Å². The van der Waals surface area contributed by atoms with Gasteiger partial charge in [-0.3, -0.25) is 4.79 Å². The Morgan fingerprint density at radius 1 is 1.28 bits per heavy atom. The summed E-state index contributed by atoms with van der Waals surface area (Å²) in [4.78, 5) is 11.0. The summed E-state index contributed by atoms with van der Waals surface area (Å²) in [6.45, 7) is 2.41. The molecule has 0 aliphatic carbocycles.